The summed E-state index contributed by atoms with van der Waals surface area (Å²) in [5.41, 5.74) is 2.59. The minimum Gasteiger partial charge on any atom is -0.352 e. The van der Waals surface area contributed by atoms with Crippen molar-refractivity contribution >= 4 is 29.1 Å². The van der Waals surface area contributed by atoms with Crippen molar-refractivity contribution in [1.29, 1.82) is 0 Å². The van der Waals surface area contributed by atoms with Crippen LogP contribution in [-0.2, 0) is 5.41 Å². The lowest BCUT2D eigenvalue weighted by atomic mass is 9.87. The first-order valence-corrected chi connectivity index (χ1v) is 9.45. The topological polar surface area (TPSA) is 58.2 Å². The number of amides is 2. The van der Waals surface area contributed by atoms with Crippen LogP contribution in [0.15, 0.2) is 42.5 Å². The second-order valence-electron chi connectivity index (χ2n) is 8.08. The molecule has 0 aromatic heterocycles. The van der Waals surface area contributed by atoms with E-state index in [4.69, 9.17) is 11.6 Å². The molecule has 2 amide bonds. The molecular weight excluding hydrogens is 360 g/mol. The Hall–Kier alpha value is -2.33. The number of hydrogen-bond donors (Lipinski definition) is 2. The third kappa shape index (κ3) is 5.83. The zero-order valence-corrected chi connectivity index (χ0v) is 17.3. The van der Waals surface area contributed by atoms with Crippen LogP contribution < -0.4 is 10.6 Å². The lowest BCUT2D eigenvalue weighted by molar-refractivity contribution is 0.0947. The maximum absolute atomic E-state index is 12.6. The summed E-state index contributed by atoms with van der Waals surface area (Å²) in [6.45, 7) is 11.0. The Bertz CT molecular complexity index is 821. The fourth-order valence-electron chi connectivity index (χ4n) is 2.48. The minimum absolute atomic E-state index is 0.0238. The molecule has 0 saturated heterocycles. The van der Waals surface area contributed by atoms with Gasteiger partial charge in [0.15, 0.2) is 0 Å². The molecule has 0 saturated carbocycles. The molecule has 4 nitrogen and oxygen atoms in total. The van der Waals surface area contributed by atoms with E-state index in [0.717, 1.165) is 5.56 Å². The van der Waals surface area contributed by atoms with E-state index in [2.05, 4.69) is 31.4 Å². The maximum atomic E-state index is 12.6. The van der Waals surface area contributed by atoms with Crippen LogP contribution in [-0.4, -0.2) is 18.4 Å². The van der Waals surface area contributed by atoms with Crippen molar-refractivity contribution in [3.05, 3.63) is 64.2 Å². The maximum Gasteiger partial charge on any atom is 0.255 e. The van der Waals surface area contributed by atoms with E-state index in [1.165, 1.54) is 0 Å². The van der Waals surface area contributed by atoms with Crippen LogP contribution in [0.25, 0.3) is 0 Å². The third-order valence-electron chi connectivity index (χ3n) is 4.16. The Morgan fingerprint density at radius 1 is 0.963 bits per heavy atom. The van der Waals surface area contributed by atoms with Crippen molar-refractivity contribution < 1.29 is 9.59 Å². The first-order valence-electron chi connectivity index (χ1n) is 9.07. The largest absolute Gasteiger partial charge is 0.352 e. The predicted molar refractivity (Wildman–Crippen MR) is 112 cm³/mol. The molecule has 5 heteroatoms. The van der Waals surface area contributed by atoms with E-state index in [0.29, 0.717) is 34.3 Å². The number of halogens is 1. The van der Waals surface area contributed by atoms with Crippen LogP contribution in [0.5, 0.6) is 0 Å². The SMILES string of the molecule is CC(C)CNC(=O)c1ccc(Cl)c(NC(=O)c2ccc(C(C)(C)C)cc2)c1. The number of anilines is 1. The van der Waals surface area contributed by atoms with E-state index in [1.807, 2.05) is 26.0 Å². The number of carbonyl (C=O) groups is 2. The molecule has 0 aliphatic carbocycles. The number of benzene rings is 2. The van der Waals surface area contributed by atoms with Gasteiger partial charge < -0.3 is 10.6 Å². The fraction of sp³-hybridized carbons (Fsp3) is 0.364. The first-order chi connectivity index (χ1) is 12.6. The van der Waals surface area contributed by atoms with Gasteiger partial charge in [0.25, 0.3) is 11.8 Å². The van der Waals surface area contributed by atoms with Gasteiger partial charge in [-0.25, -0.2) is 0 Å². The van der Waals surface area contributed by atoms with E-state index in [9.17, 15) is 9.59 Å². The first kappa shape index (κ1) is 21.0. The van der Waals surface area contributed by atoms with Crippen molar-refractivity contribution in [2.24, 2.45) is 5.92 Å². The third-order valence-corrected chi connectivity index (χ3v) is 4.49. The monoisotopic (exact) mass is 386 g/mol. The van der Waals surface area contributed by atoms with Crippen LogP contribution in [0, 0.1) is 5.92 Å². The standard InChI is InChI=1S/C22H27ClN2O2/c1-14(2)13-24-20(26)16-8-11-18(23)19(12-16)25-21(27)15-6-9-17(10-7-15)22(3,4)5/h6-12,14H,13H2,1-5H3,(H,24,26)(H,25,27). The molecule has 2 aromatic rings. The van der Waals surface area contributed by atoms with E-state index in [-0.39, 0.29) is 17.2 Å². The van der Waals surface area contributed by atoms with Crippen molar-refractivity contribution in [1.82, 2.24) is 5.32 Å². The predicted octanol–water partition coefficient (Wildman–Crippen LogP) is 5.28. The Labute approximate surface area is 166 Å². The lowest BCUT2D eigenvalue weighted by Crippen LogP contribution is -2.27. The summed E-state index contributed by atoms with van der Waals surface area (Å²) in [6, 6.07) is 12.3. The van der Waals surface area contributed by atoms with E-state index < -0.39 is 0 Å². The Morgan fingerprint density at radius 3 is 2.11 bits per heavy atom. The van der Waals surface area contributed by atoms with Crippen LogP contribution in [0.4, 0.5) is 5.69 Å². The van der Waals surface area contributed by atoms with Gasteiger partial charge in [0, 0.05) is 17.7 Å². The number of hydrogen-bond acceptors (Lipinski definition) is 2. The second-order valence-corrected chi connectivity index (χ2v) is 8.49. The molecule has 0 unspecified atom stereocenters. The van der Waals surface area contributed by atoms with E-state index >= 15 is 0 Å². The smallest absolute Gasteiger partial charge is 0.255 e. The lowest BCUT2D eigenvalue weighted by Gasteiger charge is -2.19. The molecule has 0 aliphatic heterocycles. The summed E-state index contributed by atoms with van der Waals surface area (Å²) in [7, 11) is 0. The highest BCUT2D eigenvalue weighted by molar-refractivity contribution is 6.34. The van der Waals surface area contributed by atoms with Gasteiger partial charge in [0.1, 0.15) is 0 Å². The summed E-state index contributed by atoms with van der Waals surface area (Å²) in [4.78, 5) is 24.8. The summed E-state index contributed by atoms with van der Waals surface area (Å²) in [5, 5.41) is 6.03. The van der Waals surface area contributed by atoms with Gasteiger partial charge in [-0.2, -0.15) is 0 Å². The van der Waals surface area contributed by atoms with Crippen molar-refractivity contribution in [3.63, 3.8) is 0 Å². The molecule has 0 fully saturated rings. The normalized spacial score (nSPS) is 11.4. The molecular formula is C22H27ClN2O2. The Balaban J connectivity index is 2.15. The molecule has 0 heterocycles. The molecule has 144 valence electrons. The summed E-state index contributed by atoms with van der Waals surface area (Å²) in [6.07, 6.45) is 0. The summed E-state index contributed by atoms with van der Waals surface area (Å²) < 4.78 is 0. The molecule has 2 rings (SSSR count). The van der Waals surface area contributed by atoms with Gasteiger partial charge in [0.05, 0.1) is 10.7 Å². The highest BCUT2D eigenvalue weighted by Crippen LogP contribution is 2.25. The van der Waals surface area contributed by atoms with Gasteiger partial charge in [-0.05, 0) is 47.2 Å². The highest BCUT2D eigenvalue weighted by Gasteiger charge is 2.16. The highest BCUT2D eigenvalue weighted by atomic mass is 35.5. The van der Waals surface area contributed by atoms with Crippen molar-refractivity contribution in [2.45, 2.75) is 40.0 Å². The average molecular weight is 387 g/mol. The number of rotatable bonds is 5. The van der Waals surface area contributed by atoms with Crippen LogP contribution in [0.3, 0.4) is 0 Å². The quantitative estimate of drug-likeness (QED) is 0.734. The second kappa shape index (κ2) is 8.57. The number of nitrogens with one attached hydrogen (secondary N) is 2. The number of carbonyl (C=O) groups excluding carboxylic acids is 2. The average Bonchev–Trinajstić information content (AvgIpc) is 2.60. The molecule has 27 heavy (non-hydrogen) atoms. The Morgan fingerprint density at radius 2 is 1.56 bits per heavy atom. The molecule has 0 radical (unpaired) electrons. The van der Waals surface area contributed by atoms with Gasteiger partial charge in [-0.15, -0.1) is 0 Å². The molecule has 0 bridgehead atoms. The fourth-order valence-corrected chi connectivity index (χ4v) is 2.64. The van der Waals surface area contributed by atoms with Crippen molar-refractivity contribution in [2.75, 3.05) is 11.9 Å². The zero-order valence-electron chi connectivity index (χ0n) is 16.5. The van der Waals surface area contributed by atoms with Crippen LogP contribution in [0.2, 0.25) is 5.02 Å². The molecule has 0 spiro atoms. The van der Waals surface area contributed by atoms with Gasteiger partial charge in [0.2, 0.25) is 0 Å². The van der Waals surface area contributed by atoms with Crippen molar-refractivity contribution in [3.8, 4) is 0 Å². The van der Waals surface area contributed by atoms with Crippen LogP contribution >= 0.6 is 11.6 Å². The van der Waals surface area contributed by atoms with Gasteiger partial charge in [-0.3, -0.25) is 9.59 Å². The molecule has 2 aromatic carbocycles. The summed E-state index contributed by atoms with van der Waals surface area (Å²) >= 11 is 6.20. The van der Waals surface area contributed by atoms with Crippen LogP contribution in [0.1, 0.15) is 60.9 Å². The molecule has 0 atom stereocenters. The Kier molecular flexibility index (Phi) is 6.66. The molecule has 2 N–H and O–H groups in total. The summed E-state index contributed by atoms with van der Waals surface area (Å²) in [5.74, 6) is -0.0982. The van der Waals surface area contributed by atoms with E-state index in [1.54, 1.807) is 30.3 Å². The van der Waals surface area contributed by atoms with Gasteiger partial charge in [-0.1, -0.05) is 58.4 Å². The molecule has 0 aliphatic rings. The van der Waals surface area contributed by atoms with Gasteiger partial charge >= 0.3 is 0 Å². The minimum atomic E-state index is -0.267. The zero-order chi connectivity index (χ0) is 20.2.